The zero-order chi connectivity index (χ0) is 18.0. The van der Waals surface area contributed by atoms with Gasteiger partial charge in [0.1, 0.15) is 5.76 Å². The summed E-state index contributed by atoms with van der Waals surface area (Å²) in [6.45, 7) is 4.80. The van der Waals surface area contributed by atoms with E-state index in [1.54, 1.807) is 11.0 Å². The van der Waals surface area contributed by atoms with Crippen LogP contribution in [-0.4, -0.2) is 35.0 Å². The number of carbonyl (C=O) groups excluding carboxylic acids is 1. The molecule has 0 atom stereocenters. The van der Waals surface area contributed by atoms with Crippen molar-refractivity contribution in [2.75, 3.05) is 13.1 Å². The molecule has 2 aromatic rings. The number of benzene rings is 1. The first kappa shape index (κ1) is 17.3. The number of nitrogens with zero attached hydrogens (tertiary/aromatic N) is 1. The molecule has 2 heterocycles. The van der Waals surface area contributed by atoms with E-state index in [1.807, 2.05) is 44.2 Å². The molecule has 0 unspecified atom stereocenters. The number of furan rings is 1. The summed E-state index contributed by atoms with van der Waals surface area (Å²) in [7, 11) is 0. The number of amides is 1. The summed E-state index contributed by atoms with van der Waals surface area (Å²) in [5.74, 6) is -0.0919. The normalized spacial score (nSPS) is 16.8. The lowest BCUT2D eigenvalue weighted by atomic mass is 9.72. The third-order valence-corrected chi connectivity index (χ3v) is 5.09. The lowest BCUT2D eigenvalue weighted by molar-refractivity contribution is -0.145. The number of aliphatic carboxylic acids is 1. The first-order chi connectivity index (χ1) is 12.0. The number of carboxylic acids is 1. The smallest absolute Gasteiger partial charge is 0.314 e. The van der Waals surface area contributed by atoms with Crippen LogP contribution in [0.2, 0.25) is 0 Å². The monoisotopic (exact) mass is 341 g/mol. The number of rotatable bonds is 4. The highest BCUT2D eigenvalue weighted by Gasteiger charge is 2.44. The summed E-state index contributed by atoms with van der Waals surface area (Å²) in [6, 6.07) is 11.0. The quantitative estimate of drug-likeness (QED) is 0.921. The number of hydrogen-bond donors (Lipinski definition) is 1. The third kappa shape index (κ3) is 3.06. The molecule has 0 radical (unpaired) electrons. The largest absolute Gasteiger partial charge is 0.481 e. The fraction of sp³-hybridized carbons (Fsp3) is 0.400. The van der Waals surface area contributed by atoms with Crippen LogP contribution in [0.25, 0.3) is 0 Å². The van der Waals surface area contributed by atoms with Crippen molar-refractivity contribution in [1.82, 2.24) is 4.90 Å². The Morgan fingerprint density at radius 2 is 1.76 bits per heavy atom. The molecule has 3 rings (SSSR count). The van der Waals surface area contributed by atoms with Crippen molar-refractivity contribution in [2.24, 2.45) is 0 Å². The van der Waals surface area contributed by atoms with Crippen LogP contribution < -0.4 is 0 Å². The van der Waals surface area contributed by atoms with Crippen molar-refractivity contribution < 1.29 is 19.1 Å². The summed E-state index contributed by atoms with van der Waals surface area (Å²) in [6.07, 6.45) is 2.36. The van der Waals surface area contributed by atoms with Crippen molar-refractivity contribution in [3.63, 3.8) is 0 Å². The molecule has 1 aliphatic heterocycles. The van der Waals surface area contributed by atoms with Crippen LogP contribution in [0.1, 0.15) is 54.3 Å². The summed E-state index contributed by atoms with van der Waals surface area (Å²) in [5, 5.41) is 9.85. The van der Waals surface area contributed by atoms with Crippen LogP contribution in [0.5, 0.6) is 0 Å². The predicted molar refractivity (Wildman–Crippen MR) is 93.7 cm³/mol. The first-order valence-electron chi connectivity index (χ1n) is 8.61. The van der Waals surface area contributed by atoms with E-state index < -0.39 is 11.4 Å². The number of carbonyl (C=O) groups is 2. The van der Waals surface area contributed by atoms with Crippen molar-refractivity contribution in [2.45, 2.75) is 38.0 Å². The highest BCUT2D eigenvalue weighted by molar-refractivity contribution is 5.95. The molecule has 1 aromatic heterocycles. The second-order valence-corrected chi connectivity index (χ2v) is 6.90. The molecule has 5 heteroatoms. The first-order valence-corrected chi connectivity index (χ1v) is 8.61. The fourth-order valence-electron chi connectivity index (χ4n) is 3.59. The molecule has 1 aromatic carbocycles. The molecular formula is C20H23NO4. The number of hydrogen-bond acceptors (Lipinski definition) is 3. The Labute approximate surface area is 147 Å². The van der Waals surface area contributed by atoms with Gasteiger partial charge in [0, 0.05) is 19.0 Å². The standard InChI is InChI=1S/C20H23NO4/c1-14(2)17-16(8-13-25-17)18(22)21-11-9-20(10-12-21,19(23)24)15-6-4-3-5-7-15/h3-8,13-14H,9-12H2,1-2H3,(H,23,24). The van der Waals surface area contributed by atoms with E-state index in [-0.39, 0.29) is 11.8 Å². The third-order valence-electron chi connectivity index (χ3n) is 5.09. The molecule has 132 valence electrons. The lowest BCUT2D eigenvalue weighted by Crippen LogP contribution is -2.49. The van der Waals surface area contributed by atoms with Crippen molar-refractivity contribution in [3.05, 3.63) is 59.5 Å². The van der Waals surface area contributed by atoms with Gasteiger partial charge in [-0.15, -0.1) is 0 Å². The fourth-order valence-corrected chi connectivity index (χ4v) is 3.59. The molecule has 0 saturated carbocycles. The molecule has 1 saturated heterocycles. The SMILES string of the molecule is CC(C)c1occc1C(=O)N1CCC(C(=O)O)(c2ccccc2)CC1. The molecular weight excluding hydrogens is 318 g/mol. The minimum atomic E-state index is -0.921. The second-order valence-electron chi connectivity index (χ2n) is 6.90. The molecule has 0 bridgehead atoms. The van der Waals surface area contributed by atoms with Crippen LogP contribution in [0, 0.1) is 0 Å². The van der Waals surface area contributed by atoms with Gasteiger partial charge in [0.2, 0.25) is 0 Å². The molecule has 1 fully saturated rings. The van der Waals surface area contributed by atoms with Crippen molar-refractivity contribution >= 4 is 11.9 Å². The van der Waals surface area contributed by atoms with Crippen LogP contribution in [-0.2, 0) is 10.2 Å². The summed E-state index contributed by atoms with van der Waals surface area (Å²) in [5.41, 5.74) is 0.466. The number of carboxylic acid groups (broad SMARTS) is 1. The lowest BCUT2D eigenvalue weighted by Gasteiger charge is -2.39. The molecule has 1 aliphatic rings. The summed E-state index contributed by atoms with van der Waals surface area (Å²) in [4.78, 5) is 26.6. The average molecular weight is 341 g/mol. The molecule has 5 nitrogen and oxygen atoms in total. The zero-order valence-corrected chi connectivity index (χ0v) is 14.6. The van der Waals surface area contributed by atoms with Crippen LogP contribution in [0.4, 0.5) is 0 Å². The molecule has 25 heavy (non-hydrogen) atoms. The van der Waals surface area contributed by atoms with E-state index >= 15 is 0 Å². The van der Waals surface area contributed by atoms with Crippen LogP contribution in [0.3, 0.4) is 0 Å². The van der Waals surface area contributed by atoms with E-state index in [2.05, 4.69) is 0 Å². The van der Waals surface area contributed by atoms with Gasteiger partial charge in [-0.25, -0.2) is 0 Å². The van der Waals surface area contributed by atoms with Gasteiger partial charge in [0.25, 0.3) is 5.91 Å². The van der Waals surface area contributed by atoms with Crippen molar-refractivity contribution in [3.8, 4) is 0 Å². The maximum Gasteiger partial charge on any atom is 0.314 e. The highest BCUT2D eigenvalue weighted by atomic mass is 16.4. The predicted octanol–water partition coefficient (Wildman–Crippen LogP) is 3.66. The van der Waals surface area contributed by atoms with Gasteiger partial charge < -0.3 is 14.4 Å². The zero-order valence-electron chi connectivity index (χ0n) is 14.6. The average Bonchev–Trinajstić information content (AvgIpc) is 3.12. The summed E-state index contributed by atoms with van der Waals surface area (Å²) < 4.78 is 5.44. The van der Waals surface area contributed by atoms with E-state index in [0.29, 0.717) is 37.3 Å². The Hall–Kier alpha value is -2.56. The van der Waals surface area contributed by atoms with Crippen LogP contribution >= 0.6 is 0 Å². The maximum absolute atomic E-state index is 12.8. The molecule has 0 spiro atoms. The Bertz CT molecular complexity index is 755. The minimum absolute atomic E-state index is 0.0792. The Morgan fingerprint density at radius 3 is 2.32 bits per heavy atom. The van der Waals surface area contributed by atoms with E-state index in [1.165, 1.54) is 6.26 Å². The number of piperidine rings is 1. The highest BCUT2D eigenvalue weighted by Crippen LogP contribution is 2.36. The molecule has 0 aliphatic carbocycles. The topological polar surface area (TPSA) is 70.8 Å². The van der Waals surface area contributed by atoms with Gasteiger partial charge >= 0.3 is 5.97 Å². The minimum Gasteiger partial charge on any atom is -0.481 e. The summed E-state index contributed by atoms with van der Waals surface area (Å²) >= 11 is 0. The van der Waals surface area contributed by atoms with E-state index in [9.17, 15) is 14.7 Å². The van der Waals surface area contributed by atoms with Gasteiger partial charge in [0.15, 0.2) is 0 Å². The Morgan fingerprint density at radius 1 is 1.12 bits per heavy atom. The van der Waals surface area contributed by atoms with E-state index in [0.717, 1.165) is 5.56 Å². The second kappa shape index (κ2) is 6.75. The molecule has 1 N–H and O–H groups in total. The van der Waals surface area contributed by atoms with Gasteiger partial charge in [-0.3, -0.25) is 9.59 Å². The van der Waals surface area contributed by atoms with Crippen LogP contribution in [0.15, 0.2) is 47.1 Å². The maximum atomic E-state index is 12.8. The van der Waals surface area contributed by atoms with Gasteiger partial charge in [-0.05, 0) is 24.5 Å². The van der Waals surface area contributed by atoms with Gasteiger partial charge in [-0.1, -0.05) is 44.2 Å². The van der Waals surface area contributed by atoms with Gasteiger partial charge in [0.05, 0.1) is 17.2 Å². The van der Waals surface area contributed by atoms with E-state index in [4.69, 9.17) is 4.42 Å². The number of likely N-dealkylation sites (tertiary alicyclic amines) is 1. The Kier molecular flexibility index (Phi) is 4.66. The van der Waals surface area contributed by atoms with Crippen molar-refractivity contribution in [1.29, 1.82) is 0 Å². The molecule has 1 amide bonds. The van der Waals surface area contributed by atoms with Gasteiger partial charge in [-0.2, -0.15) is 0 Å². The Balaban J connectivity index is 1.79.